The van der Waals surface area contributed by atoms with Gasteiger partial charge in [0.1, 0.15) is 11.9 Å². The predicted octanol–water partition coefficient (Wildman–Crippen LogP) is 1.18. The van der Waals surface area contributed by atoms with Crippen LogP contribution in [0.2, 0.25) is 0 Å². The first-order valence-electron chi connectivity index (χ1n) is 5.80. The first-order chi connectivity index (χ1) is 8.24. The highest BCUT2D eigenvalue weighted by Crippen LogP contribution is 2.27. The minimum absolute atomic E-state index is 0.0483. The molecule has 0 amide bonds. The van der Waals surface area contributed by atoms with Crippen LogP contribution < -0.4 is 10.2 Å². The maximum atomic E-state index is 11.0. The molecule has 0 radical (unpaired) electrons. The fourth-order valence-corrected chi connectivity index (χ4v) is 1.99. The molecule has 6 nitrogen and oxygen atoms in total. The van der Waals surface area contributed by atoms with Crippen LogP contribution in [0.15, 0.2) is 18.3 Å². The van der Waals surface area contributed by atoms with Gasteiger partial charge in [-0.15, -0.1) is 0 Å². The molecule has 6 heteroatoms. The van der Waals surface area contributed by atoms with E-state index < -0.39 is 4.92 Å². The van der Waals surface area contributed by atoms with Gasteiger partial charge in [-0.1, -0.05) is 6.92 Å². The van der Waals surface area contributed by atoms with E-state index in [9.17, 15) is 10.1 Å². The molecule has 17 heavy (non-hydrogen) atoms. The second kappa shape index (κ2) is 5.09. The number of aromatic nitrogens is 1. The van der Waals surface area contributed by atoms with Crippen molar-refractivity contribution >= 4 is 11.5 Å². The summed E-state index contributed by atoms with van der Waals surface area (Å²) in [5.41, 5.74) is 0.630. The lowest BCUT2D eigenvalue weighted by Gasteiger charge is -2.39. The van der Waals surface area contributed by atoms with E-state index in [2.05, 4.69) is 22.1 Å². The van der Waals surface area contributed by atoms with Gasteiger partial charge in [-0.2, -0.15) is 0 Å². The van der Waals surface area contributed by atoms with E-state index in [1.165, 1.54) is 6.20 Å². The number of hydrogen-bond donors (Lipinski definition) is 1. The van der Waals surface area contributed by atoms with Gasteiger partial charge in [-0.3, -0.25) is 0 Å². The first-order valence-corrected chi connectivity index (χ1v) is 5.80. The Bertz CT molecular complexity index is 406. The molecule has 1 N–H and O–H groups in total. The van der Waals surface area contributed by atoms with E-state index in [1.807, 2.05) is 0 Å². The number of hydrogen-bond acceptors (Lipinski definition) is 5. The number of anilines is 1. The second-order valence-electron chi connectivity index (χ2n) is 4.11. The monoisotopic (exact) mass is 236 g/mol. The molecule has 2 heterocycles. The largest absolute Gasteiger partial charge is 0.387 e. The Balaban J connectivity index is 2.30. The molecule has 1 fully saturated rings. The van der Waals surface area contributed by atoms with E-state index in [0.29, 0.717) is 11.7 Å². The zero-order chi connectivity index (χ0) is 12.3. The van der Waals surface area contributed by atoms with Crippen LogP contribution in [0.3, 0.4) is 0 Å². The van der Waals surface area contributed by atoms with Gasteiger partial charge in [-0.25, -0.2) is 0 Å². The zero-order valence-electron chi connectivity index (χ0n) is 9.80. The summed E-state index contributed by atoms with van der Waals surface area (Å²) >= 11 is 0. The molecule has 0 unspecified atom stereocenters. The Morgan fingerprint density at radius 1 is 1.65 bits per heavy atom. The van der Waals surface area contributed by atoms with Crippen LogP contribution in [0, 0.1) is 10.1 Å². The third-order valence-electron chi connectivity index (χ3n) is 2.91. The van der Waals surface area contributed by atoms with E-state index in [-0.39, 0.29) is 5.82 Å². The Labute approximate surface area is 99.8 Å². The van der Waals surface area contributed by atoms with E-state index in [0.717, 1.165) is 26.1 Å². The molecule has 2 rings (SSSR count). The molecular formula is C11H16N4O2. The molecule has 0 atom stereocenters. The average molecular weight is 236 g/mol. The fraction of sp³-hybridized carbons (Fsp3) is 0.545. The third-order valence-corrected chi connectivity index (χ3v) is 2.91. The van der Waals surface area contributed by atoms with Crippen molar-refractivity contribution < 1.29 is 4.92 Å². The fourth-order valence-electron chi connectivity index (χ4n) is 1.99. The van der Waals surface area contributed by atoms with Crippen LogP contribution >= 0.6 is 0 Å². The standard InChI is InChI=1S/C11H16N4O2/c1-2-6-14(9-7-12-8-9)10-4-3-5-13-11(10)15(16)17/h3-5,9,12H,2,6-8H2,1H3. The lowest BCUT2D eigenvalue weighted by Crippen LogP contribution is -2.57. The van der Waals surface area contributed by atoms with E-state index >= 15 is 0 Å². The van der Waals surface area contributed by atoms with Crippen LogP contribution in [0.1, 0.15) is 13.3 Å². The van der Waals surface area contributed by atoms with Crippen LogP contribution in [0.5, 0.6) is 0 Å². The molecule has 1 aromatic heterocycles. The average Bonchev–Trinajstić information content (AvgIpc) is 2.26. The van der Waals surface area contributed by atoms with Crippen LogP contribution in [0.25, 0.3) is 0 Å². The molecule has 0 aliphatic carbocycles. The topological polar surface area (TPSA) is 71.3 Å². The summed E-state index contributed by atoms with van der Waals surface area (Å²) in [6.07, 6.45) is 2.42. The molecule has 1 aromatic rings. The van der Waals surface area contributed by atoms with Crippen molar-refractivity contribution in [3.63, 3.8) is 0 Å². The highest BCUT2D eigenvalue weighted by molar-refractivity contribution is 5.60. The maximum absolute atomic E-state index is 11.0. The smallest absolute Gasteiger partial charge is 0.359 e. The Morgan fingerprint density at radius 2 is 2.41 bits per heavy atom. The molecule has 0 spiro atoms. The van der Waals surface area contributed by atoms with Crippen LogP contribution in [0.4, 0.5) is 11.5 Å². The van der Waals surface area contributed by atoms with Crippen molar-refractivity contribution in [1.29, 1.82) is 0 Å². The quantitative estimate of drug-likeness (QED) is 0.614. The number of pyridine rings is 1. The summed E-state index contributed by atoms with van der Waals surface area (Å²) in [4.78, 5) is 16.5. The van der Waals surface area contributed by atoms with Crippen molar-refractivity contribution in [2.45, 2.75) is 19.4 Å². The van der Waals surface area contributed by atoms with Crippen molar-refractivity contribution in [3.05, 3.63) is 28.4 Å². The number of nitrogens with one attached hydrogen (secondary N) is 1. The first kappa shape index (κ1) is 11.8. The van der Waals surface area contributed by atoms with E-state index in [1.54, 1.807) is 12.1 Å². The highest BCUT2D eigenvalue weighted by Gasteiger charge is 2.29. The summed E-state index contributed by atoms with van der Waals surface area (Å²) < 4.78 is 0. The van der Waals surface area contributed by atoms with Crippen molar-refractivity contribution in [1.82, 2.24) is 10.3 Å². The van der Waals surface area contributed by atoms with Crippen molar-refractivity contribution in [2.75, 3.05) is 24.5 Å². The highest BCUT2D eigenvalue weighted by atomic mass is 16.6. The predicted molar refractivity (Wildman–Crippen MR) is 65.2 cm³/mol. The lowest BCUT2D eigenvalue weighted by molar-refractivity contribution is -0.388. The van der Waals surface area contributed by atoms with Gasteiger partial charge < -0.3 is 20.3 Å². The minimum atomic E-state index is -0.413. The van der Waals surface area contributed by atoms with Gasteiger partial charge in [0.25, 0.3) is 0 Å². The molecule has 0 saturated carbocycles. The zero-order valence-corrected chi connectivity index (χ0v) is 9.80. The SMILES string of the molecule is CCCN(c1cccnc1[N+](=O)[O-])C1CNC1. The summed E-state index contributed by atoms with van der Waals surface area (Å²) in [6, 6.07) is 3.87. The summed E-state index contributed by atoms with van der Waals surface area (Å²) in [7, 11) is 0. The van der Waals surface area contributed by atoms with Crippen LogP contribution in [-0.2, 0) is 0 Å². The van der Waals surface area contributed by atoms with Crippen LogP contribution in [-0.4, -0.2) is 35.6 Å². The molecule has 1 saturated heterocycles. The summed E-state index contributed by atoms with van der Waals surface area (Å²) in [6.45, 7) is 4.65. The lowest BCUT2D eigenvalue weighted by atomic mass is 10.1. The molecule has 1 aliphatic heterocycles. The van der Waals surface area contributed by atoms with E-state index in [4.69, 9.17) is 0 Å². The Kier molecular flexibility index (Phi) is 3.53. The number of nitro groups is 1. The van der Waals surface area contributed by atoms with Crippen molar-refractivity contribution in [2.24, 2.45) is 0 Å². The molecule has 0 bridgehead atoms. The van der Waals surface area contributed by atoms with Gasteiger partial charge in [0, 0.05) is 19.6 Å². The number of rotatable bonds is 5. The molecule has 0 aromatic carbocycles. The number of nitrogens with zero attached hydrogens (tertiary/aromatic N) is 3. The molecular weight excluding hydrogens is 220 g/mol. The second-order valence-corrected chi connectivity index (χ2v) is 4.11. The third kappa shape index (κ3) is 2.36. The van der Waals surface area contributed by atoms with Gasteiger partial charge in [0.05, 0.1) is 6.04 Å². The molecule has 92 valence electrons. The summed E-state index contributed by atoms with van der Waals surface area (Å²) in [5.74, 6) is -0.0483. The van der Waals surface area contributed by atoms with Gasteiger partial charge in [0.15, 0.2) is 0 Å². The Morgan fingerprint density at radius 3 is 2.94 bits per heavy atom. The Hall–Kier alpha value is -1.69. The minimum Gasteiger partial charge on any atom is -0.359 e. The molecule has 1 aliphatic rings. The van der Waals surface area contributed by atoms with Gasteiger partial charge in [0.2, 0.25) is 0 Å². The van der Waals surface area contributed by atoms with Gasteiger partial charge >= 0.3 is 5.82 Å². The van der Waals surface area contributed by atoms with Gasteiger partial charge in [-0.05, 0) is 28.5 Å². The van der Waals surface area contributed by atoms with Crippen molar-refractivity contribution in [3.8, 4) is 0 Å². The normalized spacial score (nSPS) is 15.4. The summed E-state index contributed by atoms with van der Waals surface area (Å²) in [5, 5.41) is 14.1. The maximum Gasteiger partial charge on any atom is 0.387 e.